The second-order valence-corrected chi connectivity index (χ2v) is 2.04. The van der Waals surface area contributed by atoms with Crippen molar-refractivity contribution in [3.05, 3.63) is 12.7 Å². The minimum atomic E-state index is -0.684. The molecule has 2 N–H and O–H groups in total. The lowest BCUT2D eigenvalue weighted by Crippen LogP contribution is -2.33. The molecule has 0 aromatic carbocycles. The van der Waals surface area contributed by atoms with Crippen molar-refractivity contribution in [2.24, 2.45) is 0 Å². The molecular formula is C7H13NO3. The first-order chi connectivity index (χ1) is 5.20. The summed E-state index contributed by atoms with van der Waals surface area (Å²) in [5.41, 5.74) is 0. The molecule has 64 valence electrons. The fraction of sp³-hybridized carbons (Fsp3) is 0.571. The van der Waals surface area contributed by atoms with Crippen molar-refractivity contribution in [1.82, 2.24) is 5.32 Å². The predicted octanol–water partition coefficient (Wildman–Crippen LogP) is -0.704. The zero-order chi connectivity index (χ0) is 8.69. The van der Waals surface area contributed by atoms with E-state index >= 15 is 0 Å². The third-order valence-corrected chi connectivity index (χ3v) is 1.06. The van der Waals surface area contributed by atoms with E-state index in [0.717, 1.165) is 0 Å². The molecular weight excluding hydrogens is 146 g/mol. The van der Waals surface area contributed by atoms with Gasteiger partial charge in [-0.05, 0) is 0 Å². The Balaban J connectivity index is 3.37. The summed E-state index contributed by atoms with van der Waals surface area (Å²) in [6.45, 7) is 3.56. The third kappa shape index (κ3) is 5.57. The van der Waals surface area contributed by atoms with Crippen LogP contribution in [0, 0.1) is 0 Å². The molecule has 4 nitrogen and oxygen atoms in total. The van der Waals surface area contributed by atoms with E-state index in [1.165, 1.54) is 13.2 Å². The van der Waals surface area contributed by atoms with Crippen molar-refractivity contribution in [2.75, 3.05) is 20.3 Å². The molecule has 0 spiro atoms. The van der Waals surface area contributed by atoms with E-state index in [1.54, 1.807) is 0 Å². The fourth-order valence-corrected chi connectivity index (χ4v) is 0.484. The maximum absolute atomic E-state index is 10.7. The van der Waals surface area contributed by atoms with Crippen molar-refractivity contribution >= 4 is 5.91 Å². The standard InChI is InChI=1S/C7H13NO3/c1-3-6(9)4-8-7(10)5-11-2/h3,6,9H,1,4-5H2,2H3,(H,8,10)/t6-/m0/s1. The van der Waals surface area contributed by atoms with Gasteiger partial charge in [0.15, 0.2) is 0 Å². The first-order valence-corrected chi connectivity index (χ1v) is 3.27. The van der Waals surface area contributed by atoms with Crippen molar-refractivity contribution in [2.45, 2.75) is 6.10 Å². The van der Waals surface area contributed by atoms with Crippen LogP contribution in [-0.4, -0.2) is 37.4 Å². The number of ether oxygens (including phenoxy) is 1. The molecule has 0 heterocycles. The predicted molar refractivity (Wildman–Crippen MR) is 41.1 cm³/mol. The van der Waals surface area contributed by atoms with Crippen LogP contribution >= 0.6 is 0 Å². The third-order valence-electron chi connectivity index (χ3n) is 1.06. The number of hydrogen-bond acceptors (Lipinski definition) is 3. The second-order valence-electron chi connectivity index (χ2n) is 2.04. The average Bonchev–Trinajstić information content (AvgIpc) is 2.01. The highest BCUT2D eigenvalue weighted by atomic mass is 16.5. The van der Waals surface area contributed by atoms with Gasteiger partial charge in [0.2, 0.25) is 5.91 Å². The van der Waals surface area contributed by atoms with E-state index in [-0.39, 0.29) is 19.1 Å². The molecule has 1 atom stereocenters. The molecule has 0 fully saturated rings. The van der Waals surface area contributed by atoms with Gasteiger partial charge in [-0.1, -0.05) is 6.08 Å². The van der Waals surface area contributed by atoms with Gasteiger partial charge < -0.3 is 15.2 Å². The smallest absolute Gasteiger partial charge is 0.246 e. The van der Waals surface area contributed by atoms with Gasteiger partial charge >= 0.3 is 0 Å². The Kier molecular flexibility index (Phi) is 5.42. The van der Waals surface area contributed by atoms with Gasteiger partial charge in [0, 0.05) is 13.7 Å². The maximum Gasteiger partial charge on any atom is 0.246 e. The van der Waals surface area contributed by atoms with E-state index in [0.29, 0.717) is 0 Å². The maximum atomic E-state index is 10.7. The van der Waals surface area contributed by atoms with Crippen LogP contribution in [0.4, 0.5) is 0 Å². The Hall–Kier alpha value is -0.870. The second kappa shape index (κ2) is 5.88. The van der Waals surface area contributed by atoms with Gasteiger partial charge in [-0.15, -0.1) is 6.58 Å². The van der Waals surface area contributed by atoms with Crippen LogP contribution in [0.3, 0.4) is 0 Å². The van der Waals surface area contributed by atoms with Crippen LogP contribution in [0.2, 0.25) is 0 Å². The molecule has 0 rings (SSSR count). The number of amides is 1. The summed E-state index contributed by atoms with van der Waals surface area (Å²) in [5.74, 6) is -0.242. The summed E-state index contributed by atoms with van der Waals surface area (Å²) in [5, 5.41) is 11.4. The van der Waals surface area contributed by atoms with E-state index < -0.39 is 6.10 Å². The van der Waals surface area contributed by atoms with E-state index in [9.17, 15) is 4.79 Å². The van der Waals surface area contributed by atoms with Crippen LogP contribution in [0.5, 0.6) is 0 Å². The zero-order valence-corrected chi connectivity index (χ0v) is 6.54. The molecule has 0 aliphatic carbocycles. The number of aliphatic hydroxyl groups is 1. The molecule has 11 heavy (non-hydrogen) atoms. The molecule has 0 saturated carbocycles. The molecule has 0 bridgehead atoms. The van der Waals surface area contributed by atoms with Gasteiger partial charge in [0.1, 0.15) is 6.61 Å². The Morgan fingerprint density at radius 2 is 2.55 bits per heavy atom. The highest BCUT2D eigenvalue weighted by Gasteiger charge is 2.01. The number of hydrogen-bond donors (Lipinski definition) is 2. The monoisotopic (exact) mass is 159 g/mol. The Morgan fingerprint density at radius 3 is 3.00 bits per heavy atom. The lowest BCUT2D eigenvalue weighted by molar-refractivity contribution is -0.125. The number of carbonyl (C=O) groups excluding carboxylic acids is 1. The first kappa shape index (κ1) is 10.1. The highest BCUT2D eigenvalue weighted by molar-refractivity contribution is 5.77. The van der Waals surface area contributed by atoms with Gasteiger partial charge in [0.05, 0.1) is 6.10 Å². The normalized spacial score (nSPS) is 12.2. The molecule has 0 aromatic rings. The van der Waals surface area contributed by atoms with Gasteiger partial charge in [-0.2, -0.15) is 0 Å². The summed E-state index contributed by atoms with van der Waals surface area (Å²) in [6.07, 6.45) is 0.670. The Morgan fingerprint density at radius 1 is 1.91 bits per heavy atom. The molecule has 4 heteroatoms. The largest absolute Gasteiger partial charge is 0.387 e. The molecule has 1 amide bonds. The number of carbonyl (C=O) groups is 1. The lowest BCUT2D eigenvalue weighted by Gasteiger charge is -2.06. The first-order valence-electron chi connectivity index (χ1n) is 3.27. The number of rotatable bonds is 5. The fourth-order valence-electron chi connectivity index (χ4n) is 0.484. The Bertz CT molecular complexity index is 136. The van der Waals surface area contributed by atoms with Crippen LogP contribution in [-0.2, 0) is 9.53 Å². The topological polar surface area (TPSA) is 58.6 Å². The average molecular weight is 159 g/mol. The summed E-state index contributed by atoms with van der Waals surface area (Å²) < 4.78 is 4.55. The van der Waals surface area contributed by atoms with Crippen LogP contribution in [0.1, 0.15) is 0 Å². The molecule has 0 radical (unpaired) electrons. The molecule has 0 saturated heterocycles. The number of nitrogens with one attached hydrogen (secondary N) is 1. The van der Waals surface area contributed by atoms with E-state index in [2.05, 4.69) is 16.6 Å². The lowest BCUT2D eigenvalue weighted by atomic mass is 10.3. The molecule has 0 aliphatic rings. The van der Waals surface area contributed by atoms with Crippen LogP contribution in [0.25, 0.3) is 0 Å². The van der Waals surface area contributed by atoms with E-state index in [1.807, 2.05) is 0 Å². The minimum absolute atomic E-state index is 0.0177. The highest BCUT2D eigenvalue weighted by Crippen LogP contribution is 1.79. The van der Waals surface area contributed by atoms with Crippen molar-refractivity contribution in [1.29, 1.82) is 0 Å². The van der Waals surface area contributed by atoms with Crippen molar-refractivity contribution in [3.63, 3.8) is 0 Å². The minimum Gasteiger partial charge on any atom is -0.387 e. The zero-order valence-electron chi connectivity index (χ0n) is 6.54. The van der Waals surface area contributed by atoms with E-state index in [4.69, 9.17) is 5.11 Å². The number of methoxy groups -OCH3 is 1. The van der Waals surface area contributed by atoms with Gasteiger partial charge in [-0.25, -0.2) is 0 Å². The van der Waals surface area contributed by atoms with Crippen LogP contribution in [0.15, 0.2) is 12.7 Å². The van der Waals surface area contributed by atoms with Gasteiger partial charge in [0.25, 0.3) is 0 Å². The van der Waals surface area contributed by atoms with Crippen molar-refractivity contribution < 1.29 is 14.6 Å². The number of aliphatic hydroxyl groups excluding tert-OH is 1. The van der Waals surface area contributed by atoms with Crippen molar-refractivity contribution in [3.8, 4) is 0 Å². The van der Waals surface area contributed by atoms with Crippen LogP contribution < -0.4 is 5.32 Å². The quantitative estimate of drug-likeness (QED) is 0.521. The molecule has 0 aliphatic heterocycles. The SMILES string of the molecule is C=C[C@H](O)CNC(=O)COC. The summed E-state index contributed by atoms with van der Waals surface area (Å²) in [7, 11) is 1.43. The molecule has 0 unspecified atom stereocenters. The summed E-state index contributed by atoms with van der Waals surface area (Å²) >= 11 is 0. The summed E-state index contributed by atoms with van der Waals surface area (Å²) in [6, 6.07) is 0. The van der Waals surface area contributed by atoms with Gasteiger partial charge in [-0.3, -0.25) is 4.79 Å². The Labute approximate surface area is 65.9 Å². The molecule has 0 aromatic heterocycles. The summed E-state index contributed by atoms with van der Waals surface area (Å²) in [4.78, 5) is 10.7.